The number of hydrogen-bond acceptors (Lipinski definition) is 4. The Morgan fingerprint density at radius 1 is 1.40 bits per heavy atom. The van der Waals surface area contributed by atoms with Gasteiger partial charge in [-0.15, -0.1) is 11.3 Å². The molecular weight excluding hydrogens is 297 g/mol. The summed E-state index contributed by atoms with van der Waals surface area (Å²) in [4.78, 5) is 7.29. The summed E-state index contributed by atoms with van der Waals surface area (Å²) < 4.78 is 14.1. The third-order valence-electron chi connectivity index (χ3n) is 3.34. The number of halogens is 2. The lowest BCUT2D eigenvalue weighted by atomic mass is 10.1. The molecule has 0 radical (unpaired) electrons. The van der Waals surface area contributed by atoms with Crippen molar-refractivity contribution >= 4 is 28.9 Å². The zero-order valence-electron chi connectivity index (χ0n) is 10.6. The molecule has 2 heterocycles. The molecule has 0 bridgehead atoms. The van der Waals surface area contributed by atoms with E-state index in [0.717, 1.165) is 4.88 Å². The fraction of sp³-hybridized carbons (Fsp3) is 0.214. The summed E-state index contributed by atoms with van der Waals surface area (Å²) in [5.41, 5.74) is 6.41. The van der Waals surface area contributed by atoms with Gasteiger partial charge in [0.2, 0.25) is 0 Å². The monoisotopic (exact) mass is 309 g/mol. The maximum Gasteiger partial charge on any atom is 0.192 e. The number of aliphatic imine (C=N–C) groups is 1. The molecule has 1 unspecified atom stereocenters. The van der Waals surface area contributed by atoms with E-state index in [-0.39, 0.29) is 11.9 Å². The lowest BCUT2D eigenvalue weighted by Gasteiger charge is -2.27. The van der Waals surface area contributed by atoms with Crippen LogP contribution in [0.25, 0.3) is 0 Å². The fourth-order valence-corrected chi connectivity index (χ4v) is 3.36. The summed E-state index contributed by atoms with van der Waals surface area (Å²) in [5.74, 6) is 0.117. The molecule has 1 aromatic carbocycles. The van der Waals surface area contributed by atoms with Gasteiger partial charge in [0, 0.05) is 15.5 Å². The van der Waals surface area contributed by atoms with Crippen LogP contribution in [0.5, 0.6) is 0 Å². The van der Waals surface area contributed by atoms with E-state index in [9.17, 15) is 4.39 Å². The topological polar surface area (TPSA) is 41.6 Å². The second kappa shape index (κ2) is 5.42. The minimum Gasteiger partial charge on any atom is -0.370 e. The summed E-state index contributed by atoms with van der Waals surface area (Å²) in [7, 11) is 0. The molecule has 2 aromatic rings. The van der Waals surface area contributed by atoms with Crippen molar-refractivity contribution in [2.45, 2.75) is 12.6 Å². The largest absolute Gasteiger partial charge is 0.370 e. The van der Waals surface area contributed by atoms with Crippen molar-refractivity contribution in [3.8, 4) is 0 Å². The Labute approximate surface area is 125 Å². The molecule has 3 nitrogen and oxygen atoms in total. The Balaban J connectivity index is 1.93. The Morgan fingerprint density at radius 3 is 2.95 bits per heavy atom. The van der Waals surface area contributed by atoms with Gasteiger partial charge in [-0.3, -0.25) is 4.99 Å². The number of rotatable bonds is 3. The number of guanidine groups is 1. The SMILES string of the molecule is NC1=NCC(c2c(F)cccc2Cl)N1Cc1cccs1. The molecule has 104 valence electrons. The third kappa shape index (κ3) is 2.39. The van der Waals surface area contributed by atoms with E-state index in [1.165, 1.54) is 6.07 Å². The molecule has 0 amide bonds. The Bertz CT molecular complexity index is 622. The van der Waals surface area contributed by atoms with Gasteiger partial charge in [-0.1, -0.05) is 23.7 Å². The Hall–Kier alpha value is -1.59. The maximum absolute atomic E-state index is 14.1. The number of nitrogens with two attached hydrogens (primary N) is 1. The molecule has 6 heteroatoms. The van der Waals surface area contributed by atoms with Gasteiger partial charge < -0.3 is 10.6 Å². The predicted molar refractivity (Wildman–Crippen MR) is 80.5 cm³/mol. The van der Waals surface area contributed by atoms with E-state index in [1.807, 2.05) is 22.4 Å². The van der Waals surface area contributed by atoms with Gasteiger partial charge in [-0.2, -0.15) is 0 Å². The molecule has 1 aromatic heterocycles. The summed E-state index contributed by atoms with van der Waals surface area (Å²) in [6.07, 6.45) is 0. The first kappa shape index (κ1) is 13.4. The number of benzene rings is 1. The molecule has 1 aliphatic rings. The van der Waals surface area contributed by atoms with Gasteiger partial charge in [0.1, 0.15) is 5.82 Å². The zero-order chi connectivity index (χ0) is 14.1. The van der Waals surface area contributed by atoms with Crippen LogP contribution in [0.4, 0.5) is 4.39 Å². The van der Waals surface area contributed by atoms with E-state index in [4.69, 9.17) is 17.3 Å². The van der Waals surface area contributed by atoms with Crippen LogP contribution in [-0.2, 0) is 6.54 Å². The molecule has 1 aliphatic heterocycles. The van der Waals surface area contributed by atoms with Crippen molar-refractivity contribution in [2.24, 2.45) is 10.7 Å². The third-order valence-corrected chi connectivity index (χ3v) is 4.53. The Kier molecular flexibility index (Phi) is 3.63. The number of hydrogen-bond donors (Lipinski definition) is 1. The average molecular weight is 310 g/mol. The van der Waals surface area contributed by atoms with Crippen LogP contribution in [-0.4, -0.2) is 17.4 Å². The van der Waals surface area contributed by atoms with Crippen molar-refractivity contribution < 1.29 is 4.39 Å². The second-order valence-corrected chi connectivity index (χ2v) is 6.00. The first-order valence-electron chi connectivity index (χ1n) is 6.19. The van der Waals surface area contributed by atoms with Gasteiger partial charge in [0.25, 0.3) is 0 Å². The highest BCUT2D eigenvalue weighted by Gasteiger charge is 2.31. The summed E-state index contributed by atoms with van der Waals surface area (Å²) in [6, 6.07) is 8.47. The van der Waals surface area contributed by atoms with Gasteiger partial charge in [-0.05, 0) is 23.6 Å². The minimum atomic E-state index is -0.316. The number of nitrogens with zero attached hydrogens (tertiary/aromatic N) is 2. The molecule has 0 saturated heterocycles. The summed E-state index contributed by atoms with van der Waals surface area (Å²) >= 11 is 7.79. The molecule has 2 N–H and O–H groups in total. The highest BCUT2D eigenvalue weighted by Crippen LogP contribution is 2.34. The van der Waals surface area contributed by atoms with E-state index < -0.39 is 0 Å². The van der Waals surface area contributed by atoms with Crippen molar-refractivity contribution in [3.63, 3.8) is 0 Å². The van der Waals surface area contributed by atoms with Crippen LogP contribution in [0.2, 0.25) is 5.02 Å². The van der Waals surface area contributed by atoms with Crippen LogP contribution in [0, 0.1) is 5.82 Å². The van der Waals surface area contributed by atoms with Gasteiger partial charge in [0.05, 0.1) is 19.1 Å². The molecule has 20 heavy (non-hydrogen) atoms. The number of thiophene rings is 1. The standard InChI is InChI=1S/C14H13ClFN3S/c15-10-4-1-5-11(16)13(10)12-7-18-14(17)19(12)8-9-3-2-6-20-9/h1-6,12H,7-8H2,(H2,17,18). The van der Waals surface area contributed by atoms with E-state index in [1.54, 1.807) is 23.5 Å². The van der Waals surface area contributed by atoms with Crippen LogP contribution in [0.15, 0.2) is 40.7 Å². The lowest BCUT2D eigenvalue weighted by Crippen LogP contribution is -2.35. The molecule has 0 spiro atoms. The molecule has 3 rings (SSSR count). The zero-order valence-corrected chi connectivity index (χ0v) is 12.2. The normalized spacial score (nSPS) is 18.4. The quantitative estimate of drug-likeness (QED) is 0.944. The molecule has 0 fully saturated rings. The van der Waals surface area contributed by atoms with Crippen molar-refractivity contribution in [1.82, 2.24) is 4.90 Å². The Morgan fingerprint density at radius 2 is 2.25 bits per heavy atom. The second-order valence-electron chi connectivity index (χ2n) is 4.56. The van der Waals surface area contributed by atoms with Crippen LogP contribution >= 0.6 is 22.9 Å². The van der Waals surface area contributed by atoms with Gasteiger partial charge in [-0.25, -0.2) is 4.39 Å². The first-order valence-corrected chi connectivity index (χ1v) is 7.45. The fourth-order valence-electron chi connectivity index (χ4n) is 2.37. The highest BCUT2D eigenvalue weighted by atomic mass is 35.5. The first-order chi connectivity index (χ1) is 9.66. The molecule has 0 saturated carbocycles. The van der Waals surface area contributed by atoms with E-state index >= 15 is 0 Å². The van der Waals surface area contributed by atoms with Crippen LogP contribution in [0.3, 0.4) is 0 Å². The average Bonchev–Trinajstić information content (AvgIpc) is 3.03. The summed E-state index contributed by atoms with van der Waals surface area (Å²) in [5, 5.41) is 2.42. The van der Waals surface area contributed by atoms with Crippen LogP contribution < -0.4 is 5.73 Å². The van der Waals surface area contributed by atoms with Gasteiger partial charge >= 0.3 is 0 Å². The van der Waals surface area contributed by atoms with E-state index in [2.05, 4.69) is 4.99 Å². The maximum atomic E-state index is 14.1. The minimum absolute atomic E-state index is 0.245. The van der Waals surface area contributed by atoms with Crippen LogP contribution in [0.1, 0.15) is 16.5 Å². The summed E-state index contributed by atoms with van der Waals surface area (Å²) in [6.45, 7) is 1.04. The van der Waals surface area contributed by atoms with Gasteiger partial charge in [0.15, 0.2) is 5.96 Å². The smallest absolute Gasteiger partial charge is 0.192 e. The molecule has 1 atom stereocenters. The lowest BCUT2D eigenvalue weighted by molar-refractivity contribution is 0.334. The van der Waals surface area contributed by atoms with Crippen molar-refractivity contribution in [3.05, 3.63) is 57.0 Å². The predicted octanol–water partition coefficient (Wildman–Crippen LogP) is 3.41. The molecule has 0 aliphatic carbocycles. The molecular formula is C14H13ClFN3S. The highest BCUT2D eigenvalue weighted by molar-refractivity contribution is 7.09. The van der Waals surface area contributed by atoms with Crippen molar-refractivity contribution in [1.29, 1.82) is 0 Å². The van der Waals surface area contributed by atoms with E-state index in [0.29, 0.717) is 29.6 Å². The van der Waals surface area contributed by atoms with Crippen molar-refractivity contribution in [2.75, 3.05) is 6.54 Å².